The lowest BCUT2D eigenvalue weighted by molar-refractivity contribution is -0.141. The van der Waals surface area contributed by atoms with E-state index in [0.717, 1.165) is 40.5 Å². The Hall–Kier alpha value is -4.34. The highest BCUT2D eigenvalue weighted by atomic mass is 19.4. The van der Waals surface area contributed by atoms with Crippen molar-refractivity contribution in [2.45, 2.75) is 64.8 Å². The van der Waals surface area contributed by atoms with Crippen molar-refractivity contribution in [3.8, 4) is 23.0 Å². The monoisotopic (exact) mass is 637 g/mol. The molecule has 12 heteroatoms. The maximum atomic E-state index is 13.2. The molecule has 0 bridgehead atoms. The number of epoxide rings is 1. The van der Waals surface area contributed by atoms with Crippen molar-refractivity contribution in [2.75, 3.05) is 43.6 Å². The Morgan fingerprint density at radius 3 is 2.57 bits per heavy atom. The Morgan fingerprint density at radius 2 is 1.87 bits per heavy atom. The molecular formula is C34H38F3N5O4. The van der Waals surface area contributed by atoms with E-state index in [1.165, 1.54) is 11.0 Å². The Labute approximate surface area is 267 Å². The lowest BCUT2D eigenvalue weighted by Crippen LogP contribution is -2.38. The molecule has 9 nitrogen and oxygen atoms in total. The number of rotatable bonds is 6. The molecule has 244 valence electrons. The molecule has 1 aromatic carbocycles. The predicted molar refractivity (Wildman–Crippen MR) is 168 cm³/mol. The van der Waals surface area contributed by atoms with Gasteiger partial charge in [0.1, 0.15) is 28.9 Å². The molecule has 3 unspecified atom stereocenters. The van der Waals surface area contributed by atoms with E-state index in [4.69, 9.17) is 19.2 Å². The number of aromatic nitrogens is 2. The topological polar surface area (TPSA) is 92.4 Å². The molecule has 0 aliphatic carbocycles. The smallest absolute Gasteiger partial charge is 0.433 e. The van der Waals surface area contributed by atoms with E-state index in [-0.39, 0.29) is 0 Å². The molecule has 46 heavy (non-hydrogen) atoms. The molecule has 3 aromatic rings. The molecule has 1 amide bonds. The van der Waals surface area contributed by atoms with E-state index in [1.807, 2.05) is 65.0 Å². The number of alkyl halides is 3. The van der Waals surface area contributed by atoms with Crippen LogP contribution in [0.5, 0.6) is 0 Å². The molecular weight excluding hydrogens is 599 g/mol. The molecule has 4 heterocycles. The van der Waals surface area contributed by atoms with Crippen LogP contribution in [-0.2, 0) is 20.4 Å². The summed E-state index contributed by atoms with van der Waals surface area (Å²) in [5.74, 6) is 7.06. The van der Waals surface area contributed by atoms with Crippen molar-refractivity contribution >= 4 is 17.6 Å². The molecule has 3 atom stereocenters. The number of hydrogen-bond acceptors (Lipinski definition) is 8. The van der Waals surface area contributed by atoms with Gasteiger partial charge in [0.15, 0.2) is 6.23 Å². The third-order valence-corrected chi connectivity index (χ3v) is 7.57. The van der Waals surface area contributed by atoms with Crippen molar-refractivity contribution in [3.63, 3.8) is 0 Å². The maximum Gasteiger partial charge on any atom is 0.433 e. The number of pyridine rings is 2. The van der Waals surface area contributed by atoms with E-state index in [9.17, 15) is 18.0 Å². The van der Waals surface area contributed by atoms with E-state index < -0.39 is 41.9 Å². The number of carbonyl (C=O) groups is 1. The lowest BCUT2D eigenvalue weighted by atomic mass is 9.99. The molecule has 1 N–H and O–H groups in total. The van der Waals surface area contributed by atoms with Gasteiger partial charge < -0.3 is 24.4 Å². The van der Waals surface area contributed by atoms with Crippen molar-refractivity contribution in [1.82, 2.24) is 14.9 Å². The summed E-state index contributed by atoms with van der Waals surface area (Å²) < 4.78 is 56.2. The normalized spacial score (nSPS) is 18.7. The number of anilines is 2. The number of ether oxygens (including phenoxy) is 3. The highest BCUT2D eigenvalue weighted by molar-refractivity contribution is 5.75. The number of nitrogens with zero attached hydrogens (tertiary/aromatic N) is 4. The Kier molecular flexibility index (Phi) is 9.47. The Balaban J connectivity index is 1.40. The number of carbonyl (C=O) groups excluding carboxylic acids is 1. The highest BCUT2D eigenvalue weighted by Crippen LogP contribution is 2.41. The number of benzene rings is 1. The first kappa shape index (κ1) is 33.0. The summed E-state index contributed by atoms with van der Waals surface area (Å²) >= 11 is 0. The van der Waals surface area contributed by atoms with Crippen LogP contribution in [0.15, 0.2) is 48.7 Å². The van der Waals surface area contributed by atoms with Crippen LogP contribution >= 0.6 is 0 Å². The molecule has 2 aliphatic rings. The zero-order valence-corrected chi connectivity index (χ0v) is 26.7. The third kappa shape index (κ3) is 8.27. The average Bonchev–Trinajstić information content (AvgIpc) is 3.78. The van der Waals surface area contributed by atoms with Crippen LogP contribution in [0.3, 0.4) is 0 Å². The fourth-order valence-corrected chi connectivity index (χ4v) is 4.90. The van der Waals surface area contributed by atoms with Crippen LogP contribution in [0.1, 0.15) is 56.3 Å². The van der Waals surface area contributed by atoms with Gasteiger partial charge >= 0.3 is 12.3 Å². The van der Waals surface area contributed by atoms with Gasteiger partial charge in [0.05, 0.1) is 19.3 Å². The summed E-state index contributed by atoms with van der Waals surface area (Å²) in [4.78, 5) is 24.4. The largest absolute Gasteiger partial charge is 0.444 e. The van der Waals surface area contributed by atoms with Gasteiger partial charge in [-0.15, -0.1) is 0 Å². The molecule has 2 aromatic heterocycles. The fraction of sp³-hybridized carbons (Fsp3) is 0.441. The second-order valence-corrected chi connectivity index (χ2v) is 12.4. The van der Waals surface area contributed by atoms with E-state index >= 15 is 0 Å². The minimum absolute atomic E-state index is 0.409. The highest BCUT2D eigenvalue weighted by Gasteiger charge is 2.42. The van der Waals surface area contributed by atoms with Crippen LogP contribution in [0.25, 0.3) is 11.1 Å². The predicted octanol–water partition coefficient (Wildman–Crippen LogP) is 6.42. The first-order valence-electron chi connectivity index (χ1n) is 15.1. The summed E-state index contributed by atoms with van der Waals surface area (Å²) in [7, 11) is 1.65. The second-order valence-electron chi connectivity index (χ2n) is 12.4. The zero-order valence-electron chi connectivity index (χ0n) is 26.7. The second kappa shape index (κ2) is 13.2. The summed E-state index contributed by atoms with van der Waals surface area (Å²) in [5.41, 5.74) is 2.98. The summed E-state index contributed by atoms with van der Waals surface area (Å²) in [6, 6.07) is 11.9. The molecule has 2 aliphatic heterocycles. The molecule has 0 spiro atoms. The SMILES string of the molecule is Cc1ccc(NC2OC2c2ccnc(C(F)(F)F)c2)cc1-c1cc(C#CC(C)N(C)C(=O)OC(C)(C)C)nc(N2CCOCC2)c1. The molecule has 0 radical (unpaired) electrons. The number of halogens is 3. The van der Waals surface area contributed by atoms with Crippen LogP contribution in [0.2, 0.25) is 0 Å². The average molecular weight is 638 g/mol. The molecule has 2 fully saturated rings. The number of morpholine rings is 1. The van der Waals surface area contributed by atoms with E-state index in [0.29, 0.717) is 37.6 Å². The first-order valence-corrected chi connectivity index (χ1v) is 15.1. The summed E-state index contributed by atoms with van der Waals surface area (Å²) in [5, 5.41) is 3.29. The maximum absolute atomic E-state index is 13.2. The number of nitrogens with one attached hydrogen (secondary N) is 1. The van der Waals surface area contributed by atoms with Gasteiger partial charge in [-0.1, -0.05) is 12.0 Å². The minimum atomic E-state index is -4.53. The van der Waals surface area contributed by atoms with Gasteiger partial charge in [0.25, 0.3) is 0 Å². The molecule has 2 saturated heterocycles. The first-order chi connectivity index (χ1) is 21.7. The van der Waals surface area contributed by atoms with Crippen molar-refractivity contribution in [2.24, 2.45) is 0 Å². The fourth-order valence-electron chi connectivity index (χ4n) is 4.90. The van der Waals surface area contributed by atoms with Gasteiger partial charge in [-0.25, -0.2) is 9.78 Å². The summed E-state index contributed by atoms with van der Waals surface area (Å²) in [6.07, 6.45) is -4.85. The number of amides is 1. The van der Waals surface area contributed by atoms with Crippen LogP contribution < -0.4 is 10.2 Å². The Morgan fingerprint density at radius 1 is 1.13 bits per heavy atom. The summed E-state index contributed by atoms with van der Waals surface area (Å²) in [6.45, 7) is 11.8. The van der Waals surface area contributed by atoms with Crippen molar-refractivity contribution in [3.05, 3.63) is 71.2 Å². The number of aryl methyl sites for hydroxylation is 1. The zero-order chi connectivity index (χ0) is 33.2. The van der Waals surface area contributed by atoms with Crippen LogP contribution in [0, 0.1) is 18.8 Å². The standard InChI is InChI=1S/C34H38F3N5O4/c1-21-7-9-26(40-31-30(45-31)23-11-12-38-28(18-23)34(35,36)37)20-27(21)24-17-25(39-29(19-24)42-13-15-44-16-14-42)10-8-22(2)41(6)32(43)46-33(3,4)5/h7,9,11-12,17-20,22,30-31,40H,13-16H2,1-6H3. The van der Waals surface area contributed by atoms with E-state index in [1.54, 1.807) is 7.05 Å². The Bertz CT molecular complexity index is 1640. The van der Waals surface area contributed by atoms with Gasteiger partial charge in [0.2, 0.25) is 0 Å². The van der Waals surface area contributed by atoms with Crippen molar-refractivity contribution < 1.29 is 32.2 Å². The van der Waals surface area contributed by atoms with Gasteiger partial charge in [-0.2, -0.15) is 13.2 Å². The van der Waals surface area contributed by atoms with Crippen LogP contribution in [0.4, 0.5) is 29.5 Å². The third-order valence-electron chi connectivity index (χ3n) is 7.57. The molecule has 0 saturated carbocycles. The van der Waals surface area contributed by atoms with Gasteiger partial charge in [-0.05, 0) is 99.2 Å². The quantitative estimate of drug-likeness (QED) is 0.245. The van der Waals surface area contributed by atoms with Crippen LogP contribution in [-0.4, -0.2) is 72.2 Å². The van der Waals surface area contributed by atoms with E-state index in [2.05, 4.69) is 27.0 Å². The molecule has 5 rings (SSSR count). The van der Waals surface area contributed by atoms with Gasteiger partial charge in [-0.3, -0.25) is 9.88 Å². The van der Waals surface area contributed by atoms with Gasteiger partial charge in [0, 0.05) is 32.0 Å². The lowest BCUT2D eigenvalue weighted by Gasteiger charge is -2.28. The van der Waals surface area contributed by atoms with Crippen molar-refractivity contribution in [1.29, 1.82) is 0 Å². The minimum Gasteiger partial charge on any atom is -0.444 e. The number of hydrogen-bond donors (Lipinski definition) is 1.